The van der Waals surface area contributed by atoms with Crippen LogP contribution in [-0.2, 0) is 12.1 Å². The van der Waals surface area contributed by atoms with Crippen molar-refractivity contribution < 1.29 is 0 Å². The van der Waals surface area contributed by atoms with E-state index in [0.29, 0.717) is 0 Å². The van der Waals surface area contributed by atoms with Gasteiger partial charge in [0.1, 0.15) is 16.5 Å². The van der Waals surface area contributed by atoms with E-state index in [-0.39, 0.29) is 18.9 Å². The third kappa shape index (κ3) is 6.68. The van der Waals surface area contributed by atoms with Crippen molar-refractivity contribution in [2.24, 2.45) is 0 Å². The summed E-state index contributed by atoms with van der Waals surface area (Å²) in [7, 11) is -2.84. The molecule has 0 spiro atoms. The number of benzene rings is 2. The Morgan fingerprint density at radius 2 is 0.955 bits per heavy atom. The Hall–Kier alpha value is -0.569. The Bertz CT molecular complexity index is 504. The molecule has 0 amide bonds. The predicted molar refractivity (Wildman–Crippen MR) is 106 cm³/mol. The molecule has 0 aliphatic heterocycles. The van der Waals surface area contributed by atoms with E-state index in [0.717, 1.165) is 0 Å². The quantitative estimate of drug-likeness (QED) is 0.796. The summed E-state index contributed by atoms with van der Waals surface area (Å²) in [5.41, 5.74) is 2.93. The zero-order valence-corrected chi connectivity index (χ0v) is 15.7. The maximum absolute atomic E-state index is 4.11. The van der Waals surface area contributed by atoms with Gasteiger partial charge in [-0.15, -0.1) is 0 Å². The Labute approximate surface area is 149 Å². The molecule has 2 rings (SSSR count). The molecule has 0 bridgehead atoms. The maximum atomic E-state index is 4.11. The van der Waals surface area contributed by atoms with Gasteiger partial charge in [-0.25, -0.2) is 0 Å². The van der Waals surface area contributed by atoms with Crippen molar-refractivity contribution in [2.45, 2.75) is 38.3 Å². The van der Waals surface area contributed by atoms with Gasteiger partial charge in [-0.3, -0.25) is 0 Å². The van der Waals surface area contributed by atoms with Gasteiger partial charge in [-0.1, -0.05) is 86.9 Å². The zero-order chi connectivity index (χ0) is 15.3. The molecule has 1 nitrogen and oxygen atoms in total. The van der Waals surface area contributed by atoms with E-state index in [4.69, 9.17) is 0 Å². The fourth-order valence-corrected chi connectivity index (χ4v) is 13.8. The van der Waals surface area contributed by atoms with E-state index in [1.165, 1.54) is 23.2 Å². The van der Waals surface area contributed by atoms with E-state index >= 15 is 0 Å². The molecule has 0 heterocycles. The summed E-state index contributed by atoms with van der Waals surface area (Å²) in [5.74, 6) is 0. The number of rotatable bonds is 6. The molecule has 114 valence electrons. The van der Waals surface area contributed by atoms with E-state index in [1.54, 1.807) is 0 Å². The molecular weight excluding hydrogens is 293 g/mol. The molecule has 0 aliphatic carbocycles. The van der Waals surface area contributed by atoms with Gasteiger partial charge in [0.25, 0.3) is 0 Å². The molecule has 22 heavy (non-hydrogen) atoms. The van der Waals surface area contributed by atoms with Gasteiger partial charge in [0.15, 0.2) is 0 Å². The molecule has 0 aliphatic rings. The Kier molecular flexibility index (Phi) is 7.38. The summed E-state index contributed by atoms with van der Waals surface area (Å²) in [4.78, 5) is 0. The average molecular weight is 322 g/mol. The summed E-state index contributed by atoms with van der Waals surface area (Å²) in [6, 6.07) is 24.2. The molecular formula is C18H28LiNSi2. The Morgan fingerprint density at radius 3 is 1.27 bits per heavy atom. The van der Waals surface area contributed by atoms with Gasteiger partial charge in [-0.05, 0) is 23.2 Å². The first-order valence-corrected chi connectivity index (χ1v) is 14.1. The van der Waals surface area contributed by atoms with Crippen LogP contribution < -0.4 is 4.65 Å². The second kappa shape index (κ2) is 8.33. The minimum atomic E-state index is -1.42. The molecule has 4 heteroatoms. The molecule has 0 aromatic heterocycles. The van der Waals surface area contributed by atoms with Gasteiger partial charge < -0.3 is 4.65 Å². The van der Waals surface area contributed by atoms with Crippen LogP contribution in [0.3, 0.4) is 0 Å². The first-order chi connectivity index (χ1) is 9.86. The van der Waals surface area contributed by atoms with Crippen LogP contribution in [0.5, 0.6) is 0 Å². The number of hydrogen-bond acceptors (Lipinski definition) is 1. The van der Waals surface area contributed by atoms with Gasteiger partial charge in [0.2, 0.25) is 0 Å². The first kappa shape index (κ1) is 19.5. The molecule has 2 aromatic carbocycles. The van der Waals surface area contributed by atoms with Gasteiger partial charge in [0, 0.05) is 0 Å². The Balaban J connectivity index is 0.00000242. The summed E-state index contributed by atoms with van der Waals surface area (Å²) < 4.78 is 4.11. The van der Waals surface area contributed by atoms with Crippen molar-refractivity contribution in [3.05, 3.63) is 71.8 Å². The first-order valence-electron chi connectivity index (χ1n) is 7.74. The van der Waals surface area contributed by atoms with Crippen LogP contribution in [-0.4, -0.2) is 35.3 Å². The molecule has 0 unspecified atom stereocenters. The van der Waals surface area contributed by atoms with Crippen LogP contribution in [0.4, 0.5) is 0 Å². The van der Waals surface area contributed by atoms with E-state index in [1.807, 2.05) is 0 Å². The monoisotopic (exact) mass is 321 g/mol. The summed E-state index contributed by atoms with van der Waals surface area (Å²) >= 11 is 0. The third-order valence-electron chi connectivity index (χ3n) is 3.65. The second-order valence-corrected chi connectivity index (χ2v) is 16.5. The molecule has 1 N–H and O–H groups in total. The van der Waals surface area contributed by atoms with Gasteiger partial charge in [0.05, 0.1) is 0 Å². The number of hydrogen-bond donors (Lipinski definition) is 1. The topological polar surface area (TPSA) is 12.0 Å². The summed E-state index contributed by atoms with van der Waals surface area (Å²) in [6.45, 7) is 9.83. The van der Waals surface area contributed by atoms with E-state index < -0.39 is 16.5 Å². The van der Waals surface area contributed by atoms with Crippen LogP contribution >= 0.6 is 0 Å². The third-order valence-corrected chi connectivity index (χ3v) is 11.7. The van der Waals surface area contributed by atoms with Crippen LogP contribution in [0.15, 0.2) is 60.7 Å². The fourth-order valence-electron chi connectivity index (χ4n) is 3.22. The van der Waals surface area contributed by atoms with Crippen molar-refractivity contribution in [1.29, 1.82) is 0 Å². The molecule has 0 saturated heterocycles. The predicted octanol–water partition coefficient (Wildman–Crippen LogP) is 3.90. The molecule has 0 atom stereocenters. The van der Waals surface area contributed by atoms with Crippen molar-refractivity contribution in [3.8, 4) is 0 Å². The average Bonchev–Trinajstić information content (AvgIpc) is 2.38. The second-order valence-electron chi connectivity index (χ2n) is 7.22. The fraction of sp³-hybridized carbons (Fsp3) is 0.333. The van der Waals surface area contributed by atoms with Crippen molar-refractivity contribution >= 4 is 35.3 Å². The summed E-state index contributed by atoms with van der Waals surface area (Å²) in [6.07, 6.45) is 0. The molecule has 0 saturated carbocycles. The Morgan fingerprint density at radius 1 is 0.636 bits per heavy atom. The zero-order valence-electron chi connectivity index (χ0n) is 13.7. The van der Waals surface area contributed by atoms with E-state index in [9.17, 15) is 0 Å². The van der Waals surface area contributed by atoms with Crippen LogP contribution in [0.25, 0.3) is 0 Å². The standard InChI is InChI=1S/C18H27NSi2.Li.H/c1-20(2,15-17-11-7-5-8-12-17)19-21(3,4)16-18-13-9-6-10-14-18;;/h5-14,19H,15-16H2,1-4H3;;. The summed E-state index contributed by atoms with van der Waals surface area (Å²) in [5, 5.41) is 0. The number of nitrogens with one attached hydrogen (secondary N) is 1. The van der Waals surface area contributed by atoms with Crippen LogP contribution in [0.1, 0.15) is 11.1 Å². The molecule has 0 fully saturated rings. The molecule has 2 aromatic rings. The SMILES string of the molecule is C[Si](C)(Cc1ccccc1)N[Si](C)(C)Cc1ccccc1.[LiH]. The van der Waals surface area contributed by atoms with Crippen molar-refractivity contribution in [3.63, 3.8) is 0 Å². The van der Waals surface area contributed by atoms with Crippen molar-refractivity contribution in [1.82, 2.24) is 4.65 Å². The van der Waals surface area contributed by atoms with Crippen molar-refractivity contribution in [2.75, 3.05) is 0 Å². The van der Waals surface area contributed by atoms with Crippen LogP contribution in [0.2, 0.25) is 26.2 Å². The van der Waals surface area contributed by atoms with Gasteiger partial charge >= 0.3 is 18.9 Å². The minimum absolute atomic E-state index is 0. The molecule has 0 radical (unpaired) electrons. The van der Waals surface area contributed by atoms with E-state index in [2.05, 4.69) is 91.5 Å². The normalized spacial score (nSPS) is 11.8. The van der Waals surface area contributed by atoms with Crippen LogP contribution in [0, 0.1) is 0 Å². The van der Waals surface area contributed by atoms with Gasteiger partial charge in [-0.2, -0.15) is 0 Å².